The van der Waals surface area contributed by atoms with Gasteiger partial charge in [-0.2, -0.15) is 0 Å². The van der Waals surface area contributed by atoms with Gasteiger partial charge in [-0.15, -0.1) is 0 Å². The van der Waals surface area contributed by atoms with Crippen LogP contribution in [0.3, 0.4) is 0 Å². The lowest BCUT2D eigenvalue weighted by molar-refractivity contribution is -0.870. The quantitative estimate of drug-likeness (QED) is 0.0195. The van der Waals surface area contributed by atoms with E-state index in [4.69, 9.17) is 18.9 Å². The van der Waals surface area contributed by atoms with E-state index in [0.717, 1.165) is 38.5 Å². The third kappa shape index (κ3) is 86.9. The molecule has 0 saturated carbocycles. The van der Waals surface area contributed by atoms with Crippen LogP contribution < -0.4 is 5.11 Å². The van der Waals surface area contributed by atoms with E-state index in [1.165, 1.54) is 437 Å². The molecule has 0 radical (unpaired) electrons. The monoisotopic (exact) mass is 1450 g/mol. The Labute approximate surface area is 643 Å². The van der Waals surface area contributed by atoms with Crippen LogP contribution in [0.2, 0.25) is 0 Å². The Morgan fingerprint density at radius 1 is 0.282 bits per heavy atom. The molecule has 9 heteroatoms. The summed E-state index contributed by atoms with van der Waals surface area (Å²) in [6.45, 7) is 4.85. The average molecular weight is 1450 g/mol. The molecule has 2 atom stereocenters. The highest BCUT2D eigenvalue weighted by atomic mass is 16.7. The largest absolute Gasteiger partial charge is 0.545 e. The molecule has 0 aromatic rings. The van der Waals surface area contributed by atoms with E-state index in [2.05, 4.69) is 38.2 Å². The molecule has 2 unspecified atom stereocenters. The van der Waals surface area contributed by atoms with Crippen molar-refractivity contribution in [1.29, 1.82) is 0 Å². The number of esters is 2. The fraction of sp³-hybridized carbons (Fsp3) is 0.926. The molecule has 0 aromatic heterocycles. The molecule has 0 bridgehead atoms. The number of hydrogen-bond acceptors (Lipinski definition) is 8. The van der Waals surface area contributed by atoms with Gasteiger partial charge in [0.05, 0.1) is 40.3 Å². The number of nitrogens with zero attached hydrogens (tertiary/aromatic N) is 1. The lowest BCUT2D eigenvalue weighted by Crippen LogP contribution is -2.44. The van der Waals surface area contributed by atoms with Crippen molar-refractivity contribution in [2.45, 2.75) is 514 Å². The molecule has 0 amide bonds. The van der Waals surface area contributed by atoms with Crippen LogP contribution in [-0.2, 0) is 33.3 Å². The second-order valence-corrected chi connectivity index (χ2v) is 33.3. The summed E-state index contributed by atoms with van der Waals surface area (Å²) in [6.07, 6.45) is 108. The summed E-state index contributed by atoms with van der Waals surface area (Å²) in [5, 5.41) is 11.9. The van der Waals surface area contributed by atoms with Crippen LogP contribution in [0.4, 0.5) is 0 Å². The summed E-state index contributed by atoms with van der Waals surface area (Å²) in [5.74, 6) is -2.24. The van der Waals surface area contributed by atoms with E-state index < -0.39 is 24.3 Å². The first-order valence-corrected chi connectivity index (χ1v) is 46.5. The predicted molar refractivity (Wildman–Crippen MR) is 445 cm³/mol. The molecular weight excluding hydrogens is 1270 g/mol. The van der Waals surface area contributed by atoms with Crippen molar-refractivity contribution in [1.82, 2.24) is 0 Å². The molecule has 0 spiro atoms. The van der Waals surface area contributed by atoms with Gasteiger partial charge in [0, 0.05) is 12.8 Å². The SMILES string of the molecule is CCCCCCCCCC/C=C\CCCCCCCCCCCCCCCCCCCCCCCCCCCCCC(=O)OCC(COC(OCC[N+](C)(C)C)C(=O)[O-])OC(=O)CCCCCCCCCCCCCCCCCCCCCCCCCCCCC/C=C\CCCCCCCCCC. The summed E-state index contributed by atoms with van der Waals surface area (Å²) in [5.41, 5.74) is 0. The minimum absolute atomic E-state index is 0.153. The standard InChI is InChI=1S/C94H181NO8/c1-6-8-10-12-14-16-18-20-22-24-26-28-30-32-34-36-38-40-42-44-46-48-50-52-54-56-58-60-62-64-66-68-70-72-74-76-78-80-82-84-91(96)101-88-90(89-102-94(93(98)99)100-87-86-95(3,4)5)103-92(97)85-83-81-79-77-75-73-71-69-67-65-63-61-59-57-55-53-51-49-47-45-43-41-39-37-35-33-31-29-27-25-23-21-19-17-15-13-11-9-7-2/h24-27,90,94H,6-23,28-89H2,1-5H3/b26-24-,27-25-. The molecule has 0 N–H and O–H groups in total. The Kier molecular flexibility index (Phi) is 83.5. The average Bonchev–Trinajstić information content (AvgIpc) is 1.06. The summed E-state index contributed by atoms with van der Waals surface area (Å²) in [4.78, 5) is 37.7. The first kappa shape index (κ1) is 101. The highest BCUT2D eigenvalue weighted by Crippen LogP contribution is 2.22. The van der Waals surface area contributed by atoms with Gasteiger partial charge >= 0.3 is 11.9 Å². The highest BCUT2D eigenvalue weighted by Gasteiger charge is 2.22. The van der Waals surface area contributed by atoms with Gasteiger partial charge in [-0.3, -0.25) is 9.59 Å². The summed E-state index contributed by atoms with van der Waals surface area (Å²) in [6, 6.07) is 0. The van der Waals surface area contributed by atoms with Gasteiger partial charge < -0.3 is 33.3 Å². The van der Waals surface area contributed by atoms with E-state index in [1.807, 2.05) is 21.1 Å². The summed E-state index contributed by atoms with van der Waals surface area (Å²) < 4.78 is 22.9. The zero-order valence-electron chi connectivity index (χ0n) is 70.2. The first-order chi connectivity index (χ1) is 50.6. The number of carbonyl (C=O) groups excluding carboxylic acids is 3. The third-order valence-electron chi connectivity index (χ3n) is 21.7. The Morgan fingerprint density at radius 2 is 0.495 bits per heavy atom. The summed E-state index contributed by atoms with van der Waals surface area (Å²) >= 11 is 0. The van der Waals surface area contributed by atoms with Crippen molar-refractivity contribution in [3.63, 3.8) is 0 Å². The number of aliphatic carboxylic acids is 1. The second-order valence-electron chi connectivity index (χ2n) is 33.3. The molecule has 610 valence electrons. The van der Waals surface area contributed by atoms with E-state index in [0.29, 0.717) is 17.4 Å². The second kappa shape index (κ2) is 85.4. The van der Waals surface area contributed by atoms with Gasteiger partial charge in [-0.25, -0.2) is 0 Å². The van der Waals surface area contributed by atoms with Crippen molar-refractivity contribution in [3.8, 4) is 0 Å². The topological polar surface area (TPSA) is 111 Å². The maximum Gasteiger partial charge on any atom is 0.306 e. The molecule has 9 nitrogen and oxygen atoms in total. The molecule has 0 fully saturated rings. The van der Waals surface area contributed by atoms with Gasteiger partial charge in [-0.1, -0.05) is 449 Å². The van der Waals surface area contributed by atoms with Gasteiger partial charge in [-0.05, 0) is 64.2 Å². The maximum atomic E-state index is 13.0. The van der Waals surface area contributed by atoms with Crippen LogP contribution in [-0.4, -0.2) is 82.3 Å². The minimum atomic E-state index is -1.62. The van der Waals surface area contributed by atoms with E-state index in [9.17, 15) is 19.5 Å². The molecule has 0 heterocycles. The zero-order valence-corrected chi connectivity index (χ0v) is 70.2. The summed E-state index contributed by atoms with van der Waals surface area (Å²) in [7, 11) is 5.96. The van der Waals surface area contributed by atoms with Crippen LogP contribution in [0.1, 0.15) is 502 Å². The molecule has 103 heavy (non-hydrogen) atoms. The van der Waals surface area contributed by atoms with Crippen LogP contribution >= 0.6 is 0 Å². The molecule has 0 rings (SSSR count). The lowest BCUT2D eigenvalue weighted by atomic mass is 10.0. The van der Waals surface area contributed by atoms with E-state index in [-0.39, 0.29) is 32.2 Å². The van der Waals surface area contributed by atoms with Gasteiger partial charge in [0.15, 0.2) is 12.4 Å². The normalized spacial score (nSPS) is 12.6. The molecule has 0 aliphatic carbocycles. The molecule has 0 aliphatic heterocycles. The number of carbonyl (C=O) groups is 3. The van der Waals surface area contributed by atoms with Crippen molar-refractivity contribution in [3.05, 3.63) is 24.3 Å². The zero-order chi connectivity index (χ0) is 74.6. The Hall–Kier alpha value is -2.23. The van der Waals surface area contributed by atoms with Crippen LogP contribution in [0, 0.1) is 0 Å². The minimum Gasteiger partial charge on any atom is -0.545 e. The van der Waals surface area contributed by atoms with Gasteiger partial charge in [0.25, 0.3) is 0 Å². The fourth-order valence-corrected chi connectivity index (χ4v) is 14.6. The predicted octanol–water partition coefficient (Wildman–Crippen LogP) is 29.1. The fourth-order valence-electron chi connectivity index (χ4n) is 14.6. The number of carboxylic acids is 1. The number of ether oxygens (including phenoxy) is 4. The van der Waals surface area contributed by atoms with Crippen molar-refractivity contribution in [2.24, 2.45) is 0 Å². The number of carboxylic acid groups (broad SMARTS) is 1. The van der Waals surface area contributed by atoms with Gasteiger partial charge in [0.1, 0.15) is 13.2 Å². The lowest BCUT2D eigenvalue weighted by Gasteiger charge is -2.26. The smallest absolute Gasteiger partial charge is 0.306 e. The Bertz CT molecular complexity index is 1740. The van der Waals surface area contributed by atoms with E-state index >= 15 is 0 Å². The Balaban J connectivity index is 3.87. The number of hydrogen-bond donors (Lipinski definition) is 0. The number of allylic oxidation sites excluding steroid dienone is 4. The van der Waals surface area contributed by atoms with E-state index in [1.54, 1.807) is 0 Å². The number of likely N-dealkylation sites (N-methyl/N-ethyl adjacent to an activating group) is 1. The molecule has 0 aliphatic rings. The van der Waals surface area contributed by atoms with Crippen LogP contribution in [0.25, 0.3) is 0 Å². The Morgan fingerprint density at radius 3 is 0.718 bits per heavy atom. The van der Waals surface area contributed by atoms with Crippen LogP contribution in [0.15, 0.2) is 24.3 Å². The van der Waals surface area contributed by atoms with Crippen LogP contribution in [0.5, 0.6) is 0 Å². The molecular formula is C94H181NO8. The third-order valence-corrected chi connectivity index (χ3v) is 21.7. The maximum absolute atomic E-state index is 13.0. The number of unbranched alkanes of at least 4 members (excludes halogenated alkanes) is 70. The number of rotatable bonds is 89. The molecule has 0 aromatic carbocycles. The number of quaternary nitrogens is 1. The highest BCUT2D eigenvalue weighted by molar-refractivity contribution is 5.70. The van der Waals surface area contributed by atoms with Gasteiger partial charge in [0.2, 0.25) is 0 Å². The van der Waals surface area contributed by atoms with Crippen molar-refractivity contribution in [2.75, 3.05) is 47.5 Å². The van der Waals surface area contributed by atoms with Crippen molar-refractivity contribution < 1.29 is 42.9 Å². The first-order valence-electron chi connectivity index (χ1n) is 46.5. The molecule has 0 saturated heterocycles. The van der Waals surface area contributed by atoms with Crippen molar-refractivity contribution >= 4 is 17.9 Å².